The lowest BCUT2D eigenvalue weighted by Gasteiger charge is -2.55. The van der Waals surface area contributed by atoms with Gasteiger partial charge in [-0.25, -0.2) is 9.78 Å². The Morgan fingerprint density at radius 1 is 1.04 bits per heavy atom. The Balaban J connectivity index is 0.993. The lowest BCUT2D eigenvalue weighted by Crippen LogP contribution is -2.61. The van der Waals surface area contributed by atoms with Crippen molar-refractivity contribution in [3.8, 4) is 0 Å². The number of carbonyl (C=O) groups is 2. The second-order valence-electron chi connectivity index (χ2n) is 15.6. The number of hydrogen-bond acceptors (Lipinski definition) is 10. The monoisotopic (exact) mass is 740 g/mol. The van der Waals surface area contributed by atoms with Gasteiger partial charge in [-0.15, -0.1) is 0 Å². The fourth-order valence-corrected chi connectivity index (χ4v) is 8.45. The summed E-state index contributed by atoms with van der Waals surface area (Å²) >= 11 is 6.66. The molecule has 1 aliphatic carbocycles. The quantitative estimate of drug-likeness (QED) is 0.150. The molecule has 2 aliphatic heterocycles. The van der Waals surface area contributed by atoms with Crippen molar-refractivity contribution >= 4 is 68.5 Å². The zero-order chi connectivity index (χ0) is 37.2. The molecule has 8 rings (SSSR count). The topological polar surface area (TPSA) is 164 Å². The Morgan fingerprint density at radius 3 is 2.55 bits per heavy atom. The number of benzene rings is 2. The number of fused-ring (bicyclic) bond motifs is 2. The number of hydrogen-bond donors (Lipinski definition) is 4. The van der Waals surface area contributed by atoms with Crippen LogP contribution in [-0.2, 0) is 30.2 Å². The van der Waals surface area contributed by atoms with Crippen LogP contribution < -0.4 is 26.5 Å². The molecule has 2 atom stereocenters. The Morgan fingerprint density at radius 2 is 1.81 bits per heavy atom. The standard InChI is InChI=1S/C38H45ClN10O4/c1-37(2,53)15-17-48-30-19-23(7-10-28(30)46(3)36(48)52)42-33-27(39)21-40-35(44-33)49-16-12-24(20-38(49)13-5-14-38)41-22-6-8-25-29(18-22)47(4)45-32(25)26-9-11-31(50)43-34(26)51/h6-8,10,18-19,21,24,26,41,53H,5,9,11-17,20H2,1-4H3,(H,40,42,44)(H,43,50,51). The molecule has 5 aromatic rings. The molecule has 0 bridgehead atoms. The van der Waals surface area contributed by atoms with Crippen LogP contribution in [0.15, 0.2) is 47.4 Å². The average molecular weight is 741 g/mol. The summed E-state index contributed by atoms with van der Waals surface area (Å²) < 4.78 is 5.12. The zero-order valence-electron chi connectivity index (χ0n) is 30.4. The fraction of sp³-hybridized carbons (Fsp3) is 0.474. The highest BCUT2D eigenvalue weighted by Crippen LogP contribution is 2.47. The van der Waals surface area contributed by atoms with Gasteiger partial charge >= 0.3 is 5.69 Å². The predicted octanol–water partition coefficient (Wildman–Crippen LogP) is 5.10. The number of rotatable bonds is 9. The van der Waals surface area contributed by atoms with Crippen molar-refractivity contribution < 1.29 is 14.7 Å². The van der Waals surface area contributed by atoms with Gasteiger partial charge in [0.1, 0.15) is 5.02 Å². The van der Waals surface area contributed by atoms with E-state index >= 15 is 0 Å². The molecule has 2 amide bonds. The van der Waals surface area contributed by atoms with E-state index in [4.69, 9.17) is 26.7 Å². The first kappa shape index (κ1) is 35.1. The van der Waals surface area contributed by atoms with E-state index in [0.717, 1.165) is 72.0 Å². The fourth-order valence-electron chi connectivity index (χ4n) is 8.31. The minimum absolute atomic E-state index is 0.0733. The number of anilines is 4. The number of imide groups is 1. The van der Waals surface area contributed by atoms with Crippen LogP contribution in [0.4, 0.5) is 23.1 Å². The number of halogens is 1. The van der Waals surface area contributed by atoms with Gasteiger partial charge in [0.05, 0.1) is 40.0 Å². The summed E-state index contributed by atoms with van der Waals surface area (Å²) in [4.78, 5) is 49.4. The number of carbonyl (C=O) groups excluding carboxylic acids is 2. The van der Waals surface area contributed by atoms with Crippen LogP contribution in [0, 0.1) is 0 Å². The molecule has 5 heterocycles. The number of imidazole rings is 1. The first-order valence-corrected chi connectivity index (χ1v) is 18.7. The van der Waals surface area contributed by atoms with Gasteiger partial charge in [-0.05, 0) is 95.2 Å². The SMILES string of the molecule is Cn1nc(C2CCC(=O)NC2=O)c2ccc(NC3CCN(c4ncc(Cl)c(Nc5ccc6c(c5)n(CCC(C)(C)O)c(=O)n6C)n4)C4(CCC4)C3)cc21. The molecular formula is C38H45ClN10O4. The first-order valence-electron chi connectivity index (χ1n) is 18.3. The molecule has 15 heteroatoms. The molecule has 278 valence electrons. The van der Waals surface area contributed by atoms with Crippen LogP contribution in [-0.4, -0.2) is 69.5 Å². The Bertz CT molecular complexity index is 2320. The van der Waals surface area contributed by atoms with Crippen LogP contribution in [0.1, 0.15) is 76.8 Å². The summed E-state index contributed by atoms with van der Waals surface area (Å²) in [6.45, 7) is 4.64. The summed E-state index contributed by atoms with van der Waals surface area (Å²) in [6, 6.07) is 12.1. The van der Waals surface area contributed by atoms with E-state index in [1.54, 1.807) is 36.2 Å². The second kappa shape index (κ2) is 13.2. The Kier molecular flexibility index (Phi) is 8.72. The maximum Gasteiger partial charge on any atom is 0.328 e. The molecule has 14 nitrogen and oxygen atoms in total. The number of aliphatic hydroxyl groups is 1. The lowest BCUT2D eigenvalue weighted by molar-refractivity contribution is -0.134. The smallest absolute Gasteiger partial charge is 0.328 e. The van der Waals surface area contributed by atoms with Crippen molar-refractivity contribution in [2.75, 3.05) is 22.1 Å². The minimum Gasteiger partial charge on any atom is -0.390 e. The van der Waals surface area contributed by atoms with Crippen LogP contribution in [0.3, 0.4) is 0 Å². The number of aromatic nitrogens is 6. The highest BCUT2D eigenvalue weighted by molar-refractivity contribution is 6.33. The number of nitrogens with one attached hydrogen (secondary N) is 3. The minimum atomic E-state index is -0.899. The van der Waals surface area contributed by atoms with Gasteiger partial charge in [-0.3, -0.25) is 28.7 Å². The maximum atomic E-state index is 13.1. The molecule has 1 saturated carbocycles. The van der Waals surface area contributed by atoms with Gasteiger partial charge in [0.2, 0.25) is 17.8 Å². The third-order valence-corrected chi connectivity index (χ3v) is 11.6. The van der Waals surface area contributed by atoms with Crippen LogP contribution in [0.2, 0.25) is 5.02 Å². The van der Waals surface area contributed by atoms with E-state index in [-0.39, 0.29) is 29.1 Å². The highest BCUT2D eigenvalue weighted by Gasteiger charge is 2.48. The summed E-state index contributed by atoms with van der Waals surface area (Å²) in [5, 5.41) is 26.0. The summed E-state index contributed by atoms with van der Waals surface area (Å²) in [5.74, 6) is 0.172. The van der Waals surface area contributed by atoms with Gasteiger partial charge in [-0.1, -0.05) is 11.6 Å². The van der Waals surface area contributed by atoms with Gasteiger partial charge in [0.15, 0.2) is 5.82 Å². The Hall–Kier alpha value is -4.95. The molecule has 1 spiro atoms. The normalized spacial score (nSPS) is 20.2. The van der Waals surface area contributed by atoms with E-state index in [1.807, 2.05) is 36.0 Å². The lowest BCUT2D eigenvalue weighted by atomic mass is 9.69. The predicted molar refractivity (Wildman–Crippen MR) is 205 cm³/mol. The molecule has 2 aromatic carbocycles. The number of amides is 2. The van der Waals surface area contributed by atoms with Crippen molar-refractivity contribution in [3.05, 3.63) is 63.8 Å². The average Bonchev–Trinajstić information content (AvgIpc) is 3.54. The zero-order valence-corrected chi connectivity index (χ0v) is 31.2. The molecule has 53 heavy (non-hydrogen) atoms. The number of piperidine rings is 2. The van der Waals surface area contributed by atoms with Crippen molar-refractivity contribution in [2.24, 2.45) is 14.1 Å². The van der Waals surface area contributed by atoms with E-state index in [2.05, 4.69) is 33.0 Å². The maximum absolute atomic E-state index is 13.1. The van der Waals surface area contributed by atoms with Gasteiger partial charge in [0.25, 0.3) is 0 Å². The van der Waals surface area contributed by atoms with Gasteiger partial charge < -0.3 is 20.6 Å². The molecule has 3 aromatic heterocycles. The third kappa shape index (κ3) is 6.52. The molecule has 2 unspecified atom stereocenters. The molecular weight excluding hydrogens is 696 g/mol. The van der Waals surface area contributed by atoms with Crippen LogP contribution >= 0.6 is 11.6 Å². The summed E-state index contributed by atoms with van der Waals surface area (Å²) in [7, 11) is 3.64. The molecule has 2 saturated heterocycles. The van der Waals surface area contributed by atoms with Gasteiger partial charge in [0, 0.05) is 61.9 Å². The molecule has 0 radical (unpaired) electrons. The van der Waals surface area contributed by atoms with Gasteiger partial charge in [-0.2, -0.15) is 10.1 Å². The third-order valence-electron chi connectivity index (χ3n) is 11.3. The second-order valence-corrected chi connectivity index (χ2v) is 16.0. The van der Waals surface area contributed by atoms with Crippen LogP contribution in [0.25, 0.3) is 21.9 Å². The van der Waals surface area contributed by atoms with Crippen LogP contribution in [0.5, 0.6) is 0 Å². The summed E-state index contributed by atoms with van der Waals surface area (Å²) in [6.07, 6.45) is 7.90. The van der Waals surface area contributed by atoms with Crippen molar-refractivity contribution in [3.63, 3.8) is 0 Å². The van der Waals surface area contributed by atoms with E-state index in [9.17, 15) is 19.5 Å². The van der Waals surface area contributed by atoms with E-state index in [0.29, 0.717) is 48.3 Å². The molecule has 3 aliphatic rings. The number of aryl methyl sites for hydroxylation is 3. The van der Waals surface area contributed by atoms with E-state index < -0.39 is 11.5 Å². The van der Waals surface area contributed by atoms with Crippen molar-refractivity contribution in [1.82, 2.24) is 34.2 Å². The summed E-state index contributed by atoms with van der Waals surface area (Å²) in [5.41, 5.74) is 3.83. The molecule has 4 N–H and O–H groups in total. The largest absolute Gasteiger partial charge is 0.390 e. The number of nitrogens with zero attached hydrogens (tertiary/aromatic N) is 7. The molecule has 3 fully saturated rings. The Labute approximate surface area is 311 Å². The van der Waals surface area contributed by atoms with Crippen molar-refractivity contribution in [1.29, 1.82) is 0 Å². The highest BCUT2D eigenvalue weighted by atomic mass is 35.5. The van der Waals surface area contributed by atoms with Crippen molar-refractivity contribution in [2.45, 2.75) is 94.9 Å². The van der Waals surface area contributed by atoms with E-state index in [1.165, 1.54) is 0 Å². The first-order chi connectivity index (χ1) is 25.3.